The van der Waals surface area contributed by atoms with E-state index in [1.807, 2.05) is 0 Å². The molecule has 0 aromatic carbocycles. The van der Waals surface area contributed by atoms with Crippen molar-refractivity contribution >= 4 is 39.9 Å². The Hall–Kier alpha value is -1.53. The molecule has 2 aromatic rings. The Kier molecular flexibility index (Phi) is 2.61. The van der Waals surface area contributed by atoms with E-state index < -0.39 is 5.91 Å². The van der Waals surface area contributed by atoms with Gasteiger partial charge in [0.15, 0.2) is 10.9 Å². The second-order valence-electron chi connectivity index (χ2n) is 2.61. The second kappa shape index (κ2) is 3.92. The van der Waals surface area contributed by atoms with Crippen LogP contribution < -0.4 is 11.1 Å². The molecule has 0 fully saturated rings. The molecule has 0 spiro atoms. The molecule has 7 heteroatoms. The van der Waals surface area contributed by atoms with Gasteiger partial charge >= 0.3 is 0 Å². The molecular formula is C8H6ClN3O2S. The molecule has 3 N–H and O–H groups in total. The number of hydrogen-bond acceptors (Lipinski definition) is 5. The number of rotatable bonds is 2. The number of nitrogen functional groups attached to an aromatic ring is 1. The van der Waals surface area contributed by atoms with Gasteiger partial charge in [-0.25, -0.2) is 4.98 Å². The summed E-state index contributed by atoms with van der Waals surface area (Å²) in [6.45, 7) is 0. The van der Waals surface area contributed by atoms with Crippen LogP contribution in [0.1, 0.15) is 10.6 Å². The van der Waals surface area contributed by atoms with Crippen molar-refractivity contribution in [2.24, 2.45) is 0 Å². The molecule has 0 bridgehead atoms. The largest absolute Gasteiger partial charge is 0.434 e. The summed E-state index contributed by atoms with van der Waals surface area (Å²) in [6.07, 6.45) is 1.59. The van der Waals surface area contributed by atoms with Gasteiger partial charge in [-0.2, -0.15) is 0 Å². The fourth-order valence-electron chi connectivity index (χ4n) is 0.939. The van der Waals surface area contributed by atoms with Gasteiger partial charge in [0.25, 0.3) is 5.91 Å². The molecular weight excluding hydrogens is 238 g/mol. The molecule has 0 radical (unpaired) electrons. The number of hydrogen-bond donors (Lipinski definition) is 2. The van der Waals surface area contributed by atoms with Gasteiger partial charge in [-0.15, -0.1) is 11.3 Å². The first-order valence-corrected chi connectivity index (χ1v) is 5.18. The number of furan rings is 1. The van der Waals surface area contributed by atoms with E-state index in [-0.39, 0.29) is 16.7 Å². The van der Waals surface area contributed by atoms with E-state index in [1.54, 1.807) is 11.6 Å². The van der Waals surface area contributed by atoms with E-state index in [1.165, 1.54) is 17.4 Å². The van der Waals surface area contributed by atoms with E-state index in [0.717, 1.165) is 0 Å². The van der Waals surface area contributed by atoms with E-state index in [2.05, 4.69) is 10.3 Å². The first-order valence-electron chi connectivity index (χ1n) is 3.92. The fourth-order valence-corrected chi connectivity index (χ4v) is 1.60. The molecule has 2 heterocycles. The first-order chi connectivity index (χ1) is 7.16. The quantitative estimate of drug-likeness (QED) is 0.847. The summed E-state index contributed by atoms with van der Waals surface area (Å²) < 4.78 is 4.94. The standard InChI is InChI=1S/C8H6ClN3O2S/c9-4-3-5(14-6(4)10)7(13)12-8-11-1-2-15-8/h1-3H,10H2,(H,11,12,13). The average Bonchev–Trinajstić information content (AvgIpc) is 2.78. The van der Waals surface area contributed by atoms with Crippen molar-refractivity contribution in [1.29, 1.82) is 0 Å². The summed E-state index contributed by atoms with van der Waals surface area (Å²) >= 11 is 6.95. The summed E-state index contributed by atoms with van der Waals surface area (Å²) in [6, 6.07) is 1.36. The molecule has 0 aliphatic carbocycles. The number of nitrogens with zero attached hydrogens (tertiary/aromatic N) is 1. The van der Waals surface area contributed by atoms with Crippen LogP contribution in [0, 0.1) is 0 Å². The summed E-state index contributed by atoms with van der Waals surface area (Å²) in [5, 5.41) is 5.00. The lowest BCUT2D eigenvalue weighted by atomic mass is 10.4. The summed E-state index contributed by atoms with van der Waals surface area (Å²) in [5.74, 6) is -0.336. The maximum atomic E-state index is 11.5. The van der Waals surface area contributed by atoms with Crippen molar-refractivity contribution in [3.8, 4) is 0 Å². The van der Waals surface area contributed by atoms with Crippen molar-refractivity contribution in [2.75, 3.05) is 11.1 Å². The zero-order chi connectivity index (χ0) is 10.8. The third-order valence-corrected chi connectivity index (χ3v) is 2.57. The van der Waals surface area contributed by atoms with Crippen LogP contribution in [-0.4, -0.2) is 10.9 Å². The Morgan fingerprint density at radius 1 is 1.67 bits per heavy atom. The van der Waals surface area contributed by atoms with E-state index in [4.69, 9.17) is 21.8 Å². The van der Waals surface area contributed by atoms with E-state index in [0.29, 0.717) is 5.13 Å². The van der Waals surface area contributed by atoms with Crippen LogP contribution in [0.5, 0.6) is 0 Å². The minimum Gasteiger partial charge on any atom is -0.434 e. The third kappa shape index (κ3) is 2.11. The molecule has 0 aliphatic rings. The van der Waals surface area contributed by atoms with Crippen LogP contribution in [0.4, 0.5) is 11.0 Å². The topological polar surface area (TPSA) is 81.1 Å². The van der Waals surface area contributed by atoms with Crippen LogP contribution in [-0.2, 0) is 0 Å². The highest BCUT2D eigenvalue weighted by Gasteiger charge is 2.14. The Balaban J connectivity index is 2.15. The van der Waals surface area contributed by atoms with Crippen LogP contribution in [0.3, 0.4) is 0 Å². The fraction of sp³-hybridized carbons (Fsp3) is 0. The zero-order valence-corrected chi connectivity index (χ0v) is 8.93. The molecule has 0 saturated carbocycles. The molecule has 0 aliphatic heterocycles. The second-order valence-corrected chi connectivity index (χ2v) is 3.92. The number of nitrogens with one attached hydrogen (secondary N) is 1. The highest BCUT2D eigenvalue weighted by atomic mass is 35.5. The lowest BCUT2D eigenvalue weighted by Gasteiger charge is -1.96. The third-order valence-electron chi connectivity index (χ3n) is 1.59. The number of carbonyl (C=O) groups is 1. The Morgan fingerprint density at radius 2 is 2.47 bits per heavy atom. The highest BCUT2D eigenvalue weighted by molar-refractivity contribution is 7.13. The van der Waals surface area contributed by atoms with Gasteiger partial charge in [-0.05, 0) is 0 Å². The maximum absolute atomic E-state index is 11.5. The number of amides is 1. The Morgan fingerprint density at radius 3 is 3.00 bits per heavy atom. The van der Waals surface area contributed by atoms with Gasteiger partial charge in [-0.1, -0.05) is 11.6 Å². The van der Waals surface area contributed by atoms with Crippen molar-refractivity contribution in [3.05, 3.63) is 28.4 Å². The smallest absolute Gasteiger partial charge is 0.293 e. The minimum absolute atomic E-state index is 0.0287. The Labute approximate surface area is 93.9 Å². The normalized spacial score (nSPS) is 10.2. The predicted octanol–water partition coefficient (Wildman–Crippen LogP) is 2.22. The van der Waals surface area contributed by atoms with Crippen LogP contribution in [0.15, 0.2) is 22.1 Å². The monoisotopic (exact) mass is 243 g/mol. The SMILES string of the molecule is Nc1oc(C(=O)Nc2nccs2)cc1Cl. The van der Waals surface area contributed by atoms with Gasteiger partial charge in [0, 0.05) is 17.6 Å². The first kappa shape index (κ1) is 10.0. The van der Waals surface area contributed by atoms with Gasteiger partial charge in [0.1, 0.15) is 5.02 Å². The minimum atomic E-state index is -0.427. The Bertz CT molecular complexity index is 461. The number of nitrogens with two attached hydrogens (primary N) is 1. The number of thiazole rings is 1. The van der Waals surface area contributed by atoms with Crippen LogP contribution in [0.25, 0.3) is 0 Å². The number of halogens is 1. The molecule has 0 saturated heterocycles. The van der Waals surface area contributed by atoms with Crippen LogP contribution in [0.2, 0.25) is 5.02 Å². The molecule has 78 valence electrons. The number of aromatic nitrogens is 1. The summed E-state index contributed by atoms with van der Waals surface area (Å²) in [5.41, 5.74) is 5.36. The summed E-state index contributed by atoms with van der Waals surface area (Å²) in [7, 11) is 0. The van der Waals surface area contributed by atoms with E-state index in [9.17, 15) is 4.79 Å². The number of carbonyl (C=O) groups excluding carboxylic acids is 1. The molecule has 5 nitrogen and oxygen atoms in total. The zero-order valence-electron chi connectivity index (χ0n) is 7.36. The van der Waals surface area contributed by atoms with Crippen LogP contribution >= 0.6 is 22.9 Å². The van der Waals surface area contributed by atoms with Crippen molar-refractivity contribution in [3.63, 3.8) is 0 Å². The maximum Gasteiger partial charge on any atom is 0.293 e. The summed E-state index contributed by atoms with van der Waals surface area (Å²) in [4.78, 5) is 15.4. The molecule has 0 atom stereocenters. The molecule has 2 aromatic heterocycles. The lowest BCUT2D eigenvalue weighted by Crippen LogP contribution is -2.10. The average molecular weight is 244 g/mol. The van der Waals surface area contributed by atoms with Gasteiger partial charge < -0.3 is 10.2 Å². The highest BCUT2D eigenvalue weighted by Crippen LogP contribution is 2.23. The predicted molar refractivity (Wildman–Crippen MR) is 58.2 cm³/mol. The van der Waals surface area contributed by atoms with E-state index >= 15 is 0 Å². The van der Waals surface area contributed by atoms with Gasteiger partial charge in [0.05, 0.1) is 0 Å². The molecule has 2 rings (SSSR count). The molecule has 15 heavy (non-hydrogen) atoms. The van der Waals surface area contributed by atoms with Crippen molar-refractivity contribution in [2.45, 2.75) is 0 Å². The molecule has 0 unspecified atom stereocenters. The van der Waals surface area contributed by atoms with Crippen molar-refractivity contribution in [1.82, 2.24) is 4.98 Å². The van der Waals surface area contributed by atoms with Gasteiger partial charge in [-0.3, -0.25) is 10.1 Å². The lowest BCUT2D eigenvalue weighted by molar-refractivity contribution is 0.0997. The molecule has 1 amide bonds. The van der Waals surface area contributed by atoms with Crippen molar-refractivity contribution < 1.29 is 9.21 Å². The van der Waals surface area contributed by atoms with Gasteiger partial charge in [0.2, 0.25) is 5.88 Å². The number of anilines is 2.